The van der Waals surface area contributed by atoms with E-state index in [4.69, 9.17) is 0 Å². The summed E-state index contributed by atoms with van der Waals surface area (Å²) in [7, 11) is 0. The summed E-state index contributed by atoms with van der Waals surface area (Å²) in [6.07, 6.45) is 4.92. The highest BCUT2D eigenvalue weighted by Gasteiger charge is 2.23. The molecule has 0 aromatic rings. The lowest BCUT2D eigenvalue weighted by Gasteiger charge is -2.10. The Hall–Kier alpha value is -0.530. The Morgan fingerprint density at radius 2 is 2.36 bits per heavy atom. The number of hydrogen-bond donors (Lipinski definition) is 1. The molecule has 0 radical (unpaired) electrons. The lowest BCUT2D eigenvalue weighted by Crippen LogP contribution is -2.30. The summed E-state index contributed by atoms with van der Waals surface area (Å²) in [4.78, 5) is 10.7. The van der Waals surface area contributed by atoms with E-state index in [0.29, 0.717) is 6.04 Å². The Kier molecular flexibility index (Phi) is 2.92. The zero-order valence-corrected chi connectivity index (χ0v) is 7.39. The van der Waals surface area contributed by atoms with Crippen LogP contribution in [-0.2, 0) is 4.79 Å². The van der Waals surface area contributed by atoms with Crippen molar-refractivity contribution in [1.29, 1.82) is 0 Å². The number of carbonyl (C=O) groups excluding carboxylic acids is 1. The van der Waals surface area contributed by atoms with Gasteiger partial charge in [0.2, 0.25) is 5.91 Å². The van der Waals surface area contributed by atoms with Crippen molar-refractivity contribution < 1.29 is 6.22 Å². The average molecular weight is 157 g/mol. The highest BCUT2D eigenvalue weighted by Crippen LogP contribution is 2.27. The van der Waals surface area contributed by atoms with Crippen LogP contribution in [-0.4, -0.2) is 11.9 Å². The standard InChI is InChI=1S/C9H17NO.H2/c1-3-8-4-5-9(6-8)10-7(2)11;/h8-9H,3-6H2,1-2H3,(H,10,11);1H/t8-,9-;/m1./s1. The molecule has 0 bridgehead atoms. The molecule has 66 valence electrons. The molecule has 0 unspecified atom stereocenters. The summed E-state index contributed by atoms with van der Waals surface area (Å²) in [5.74, 6) is 0.971. The Balaban J connectivity index is 0.00000121. The number of carbonyl (C=O) groups is 1. The highest BCUT2D eigenvalue weighted by atomic mass is 16.1. The summed E-state index contributed by atoms with van der Waals surface area (Å²) in [5.41, 5.74) is 0. The maximum absolute atomic E-state index is 10.7. The van der Waals surface area contributed by atoms with E-state index >= 15 is 0 Å². The van der Waals surface area contributed by atoms with Crippen LogP contribution in [0.1, 0.15) is 41.0 Å². The van der Waals surface area contributed by atoms with Gasteiger partial charge in [0.25, 0.3) is 0 Å². The van der Waals surface area contributed by atoms with Crippen LogP contribution in [0.15, 0.2) is 0 Å². The molecule has 2 atom stereocenters. The molecule has 0 heterocycles. The minimum atomic E-state index is 0. The maximum Gasteiger partial charge on any atom is 0.217 e. The molecule has 0 saturated heterocycles. The smallest absolute Gasteiger partial charge is 0.217 e. The predicted molar refractivity (Wildman–Crippen MR) is 47.4 cm³/mol. The second kappa shape index (κ2) is 3.74. The summed E-state index contributed by atoms with van der Waals surface area (Å²) < 4.78 is 0. The summed E-state index contributed by atoms with van der Waals surface area (Å²) >= 11 is 0. The van der Waals surface area contributed by atoms with Crippen LogP contribution < -0.4 is 5.32 Å². The quantitative estimate of drug-likeness (QED) is 0.652. The first-order valence-electron chi connectivity index (χ1n) is 4.49. The molecule has 1 fully saturated rings. The van der Waals surface area contributed by atoms with Gasteiger partial charge in [0.15, 0.2) is 0 Å². The molecule has 0 spiro atoms. The van der Waals surface area contributed by atoms with E-state index in [2.05, 4.69) is 12.2 Å². The Morgan fingerprint density at radius 1 is 1.64 bits per heavy atom. The van der Waals surface area contributed by atoms with Crippen molar-refractivity contribution in [2.45, 2.75) is 45.6 Å². The maximum atomic E-state index is 10.7. The highest BCUT2D eigenvalue weighted by molar-refractivity contribution is 5.73. The van der Waals surface area contributed by atoms with E-state index in [-0.39, 0.29) is 7.33 Å². The fourth-order valence-electron chi connectivity index (χ4n) is 1.86. The molecule has 11 heavy (non-hydrogen) atoms. The summed E-state index contributed by atoms with van der Waals surface area (Å²) in [5, 5.41) is 2.97. The zero-order valence-electron chi connectivity index (χ0n) is 7.39. The molecule has 1 saturated carbocycles. The predicted octanol–water partition coefficient (Wildman–Crippen LogP) is 1.95. The molecule has 1 aliphatic rings. The minimum absolute atomic E-state index is 0. The molecule has 1 amide bonds. The monoisotopic (exact) mass is 157 g/mol. The summed E-state index contributed by atoms with van der Waals surface area (Å²) in [6.45, 7) is 3.82. The molecule has 0 aromatic heterocycles. The zero-order chi connectivity index (χ0) is 8.27. The van der Waals surface area contributed by atoms with Gasteiger partial charge in [-0.2, -0.15) is 0 Å². The fourth-order valence-corrected chi connectivity index (χ4v) is 1.86. The van der Waals surface area contributed by atoms with Crippen molar-refractivity contribution >= 4 is 5.91 Å². The second-order valence-corrected chi connectivity index (χ2v) is 3.48. The van der Waals surface area contributed by atoms with Crippen LogP contribution in [0.2, 0.25) is 0 Å². The third-order valence-corrected chi connectivity index (χ3v) is 2.53. The third-order valence-electron chi connectivity index (χ3n) is 2.53. The van der Waals surface area contributed by atoms with Crippen molar-refractivity contribution in [3.05, 3.63) is 0 Å². The van der Waals surface area contributed by atoms with E-state index in [1.54, 1.807) is 6.92 Å². The normalized spacial score (nSPS) is 30.4. The minimum Gasteiger partial charge on any atom is -0.354 e. The molecule has 1 N–H and O–H groups in total. The molecule has 1 aliphatic carbocycles. The van der Waals surface area contributed by atoms with Gasteiger partial charge in [0.1, 0.15) is 0 Å². The van der Waals surface area contributed by atoms with Crippen molar-refractivity contribution in [2.75, 3.05) is 0 Å². The molecular weight excluding hydrogens is 138 g/mol. The Labute approximate surface area is 69.8 Å². The first-order valence-corrected chi connectivity index (χ1v) is 4.49. The van der Waals surface area contributed by atoms with E-state index in [1.165, 1.54) is 25.7 Å². The van der Waals surface area contributed by atoms with Crippen LogP contribution in [0.4, 0.5) is 0 Å². The summed E-state index contributed by atoms with van der Waals surface area (Å²) in [6, 6.07) is 0.470. The third kappa shape index (κ3) is 2.52. The van der Waals surface area contributed by atoms with Crippen LogP contribution in [0.25, 0.3) is 0 Å². The Bertz CT molecular complexity index is 149. The molecular formula is C9H19NO. The van der Waals surface area contributed by atoms with E-state index in [1.807, 2.05) is 0 Å². The average Bonchev–Trinajstić information content (AvgIpc) is 2.34. The van der Waals surface area contributed by atoms with Crippen LogP contribution in [0.3, 0.4) is 0 Å². The van der Waals surface area contributed by atoms with Gasteiger partial charge in [0, 0.05) is 14.4 Å². The van der Waals surface area contributed by atoms with Gasteiger partial charge in [-0.05, 0) is 25.2 Å². The van der Waals surface area contributed by atoms with E-state index in [9.17, 15) is 4.79 Å². The lowest BCUT2D eigenvalue weighted by molar-refractivity contribution is -0.119. The van der Waals surface area contributed by atoms with Gasteiger partial charge in [-0.1, -0.05) is 13.3 Å². The molecule has 0 aliphatic heterocycles. The number of amides is 1. The van der Waals surface area contributed by atoms with Crippen molar-refractivity contribution in [3.63, 3.8) is 0 Å². The second-order valence-electron chi connectivity index (χ2n) is 3.48. The van der Waals surface area contributed by atoms with Gasteiger partial charge in [-0.25, -0.2) is 0 Å². The SMILES string of the molecule is CC[C@@H]1CC[C@@H](NC(C)=O)C1.[HH]. The van der Waals surface area contributed by atoms with Crippen molar-refractivity contribution in [2.24, 2.45) is 5.92 Å². The molecule has 2 heteroatoms. The molecule has 0 aromatic carbocycles. The first kappa shape index (κ1) is 8.57. The van der Waals surface area contributed by atoms with Crippen LogP contribution >= 0.6 is 0 Å². The van der Waals surface area contributed by atoms with E-state index in [0.717, 1.165) is 5.92 Å². The van der Waals surface area contributed by atoms with Gasteiger partial charge in [-0.15, -0.1) is 0 Å². The van der Waals surface area contributed by atoms with E-state index < -0.39 is 0 Å². The largest absolute Gasteiger partial charge is 0.354 e. The number of hydrogen-bond acceptors (Lipinski definition) is 1. The fraction of sp³-hybridized carbons (Fsp3) is 0.889. The first-order chi connectivity index (χ1) is 5.22. The van der Waals surface area contributed by atoms with Gasteiger partial charge in [0.05, 0.1) is 0 Å². The van der Waals surface area contributed by atoms with Crippen LogP contribution in [0, 0.1) is 5.92 Å². The topological polar surface area (TPSA) is 29.1 Å². The molecule has 1 rings (SSSR count). The number of rotatable bonds is 2. The van der Waals surface area contributed by atoms with Crippen molar-refractivity contribution in [3.8, 4) is 0 Å². The van der Waals surface area contributed by atoms with Gasteiger partial charge >= 0.3 is 0 Å². The number of nitrogens with one attached hydrogen (secondary N) is 1. The van der Waals surface area contributed by atoms with Gasteiger partial charge < -0.3 is 5.32 Å². The van der Waals surface area contributed by atoms with Crippen LogP contribution in [0.5, 0.6) is 0 Å². The lowest BCUT2D eigenvalue weighted by atomic mass is 10.1. The van der Waals surface area contributed by atoms with Crippen molar-refractivity contribution in [1.82, 2.24) is 5.32 Å². The molecule has 2 nitrogen and oxygen atoms in total. The van der Waals surface area contributed by atoms with Gasteiger partial charge in [-0.3, -0.25) is 4.79 Å². The Morgan fingerprint density at radius 3 is 2.82 bits per heavy atom.